The fourth-order valence-electron chi connectivity index (χ4n) is 2.03. The molecule has 3 heteroatoms. The molecule has 1 aromatic carbocycles. The monoisotopic (exact) mass is 229 g/mol. The molecular weight excluding hydrogens is 217 g/mol. The van der Waals surface area contributed by atoms with Crippen LogP contribution in [0, 0.1) is 5.41 Å². The Morgan fingerprint density at radius 1 is 1.29 bits per heavy atom. The molecule has 1 saturated carbocycles. The molecule has 0 saturated heterocycles. The summed E-state index contributed by atoms with van der Waals surface area (Å²) in [4.78, 5) is 0. The highest BCUT2D eigenvalue weighted by Crippen LogP contribution is 2.58. The molecule has 76 valence electrons. The highest BCUT2D eigenvalue weighted by atomic mass is 35.5. The zero-order valence-corrected chi connectivity index (χ0v) is 9.73. The highest BCUT2D eigenvalue weighted by Gasteiger charge is 2.56. The van der Waals surface area contributed by atoms with E-state index in [4.69, 9.17) is 28.9 Å². The number of halogens is 2. The Kier molecular flexibility index (Phi) is 2.30. The summed E-state index contributed by atoms with van der Waals surface area (Å²) in [5.74, 6) is 0.368. The summed E-state index contributed by atoms with van der Waals surface area (Å²) < 4.78 is 0. The second-order valence-corrected chi connectivity index (χ2v) is 5.33. The molecule has 0 bridgehead atoms. The molecule has 1 aromatic rings. The van der Waals surface area contributed by atoms with Crippen LogP contribution in [-0.4, -0.2) is 6.04 Å². The Labute approximate surface area is 94.2 Å². The molecule has 1 fully saturated rings. The van der Waals surface area contributed by atoms with Crippen molar-refractivity contribution < 1.29 is 0 Å². The van der Waals surface area contributed by atoms with Gasteiger partial charge in [0.2, 0.25) is 0 Å². The lowest BCUT2D eigenvalue weighted by Crippen LogP contribution is -2.06. The van der Waals surface area contributed by atoms with Crippen LogP contribution >= 0.6 is 23.2 Å². The quantitative estimate of drug-likeness (QED) is 0.785. The van der Waals surface area contributed by atoms with Crippen molar-refractivity contribution >= 4 is 23.2 Å². The van der Waals surface area contributed by atoms with Crippen LogP contribution in [0.25, 0.3) is 0 Å². The first-order chi connectivity index (χ1) is 6.44. The maximum absolute atomic E-state index is 6.12. The number of benzene rings is 1. The molecule has 1 aliphatic carbocycles. The molecule has 1 aliphatic rings. The van der Waals surface area contributed by atoms with Crippen LogP contribution in [0.5, 0.6) is 0 Å². The van der Waals surface area contributed by atoms with Gasteiger partial charge in [0.05, 0.1) is 0 Å². The Morgan fingerprint density at radius 2 is 1.86 bits per heavy atom. The van der Waals surface area contributed by atoms with Gasteiger partial charge in [-0.1, -0.05) is 43.1 Å². The van der Waals surface area contributed by atoms with Crippen molar-refractivity contribution in [2.75, 3.05) is 0 Å². The average Bonchev–Trinajstić information content (AvgIpc) is 2.54. The van der Waals surface area contributed by atoms with E-state index in [1.54, 1.807) is 6.07 Å². The third kappa shape index (κ3) is 1.44. The average molecular weight is 230 g/mol. The van der Waals surface area contributed by atoms with Gasteiger partial charge in [-0.2, -0.15) is 0 Å². The summed E-state index contributed by atoms with van der Waals surface area (Å²) in [6.45, 7) is 4.32. The molecule has 0 unspecified atom stereocenters. The van der Waals surface area contributed by atoms with E-state index in [0.29, 0.717) is 10.9 Å². The standard InChI is InChI=1S/C11H13Cl2N/c1-11(2)9(10(11)14)7-4-3-6(12)5-8(7)13/h3-5,9-10H,14H2,1-2H3/t9-,10-/m0/s1. The van der Waals surface area contributed by atoms with E-state index in [9.17, 15) is 0 Å². The summed E-state index contributed by atoms with van der Waals surface area (Å²) in [5, 5.41) is 1.40. The lowest BCUT2D eigenvalue weighted by molar-refractivity contribution is 0.599. The third-order valence-corrected chi connectivity index (χ3v) is 3.77. The van der Waals surface area contributed by atoms with E-state index in [1.807, 2.05) is 12.1 Å². The fraction of sp³-hybridized carbons (Fsp3) is 0.455. The third-order valence-electron chi connectivity index (χ3n) is 3.21. The predicted molar refractivity (Wildman–Crippen MR) is 61.0 cm³/mol. The molecule has 2 N–H and O–H groups in total. The summed E-state index contributed by atoms with van der Waals surface area (Å²) in [5.41, 5.74) is 7.27. The number of hydrogen-bond donors (Lipinski definition) is 1. The van der Waals surface area contributed by atoms with Crippen molar-refractivity contribution in [3.05, 3.63) is 33.8 Å². The van der Waals surface area contributed by atoms with Crippen molar-refractivity contribution in [2.45, 2.75) is 25.8 Å². The molecule has 0 heterocycles. The van der Waals surface area contributed by atoms with Gasteiger partial charge < -0.3 is 5.73 Å². The van der Waals surface area contributed by atoms with Crippen molar-refractivity contribution in [1.29, 1.82) is 0 Å². The minimum absolute atomic E-state index is 0.164. The number of hydrogen-bond acceptors (Lipinski definition) is 1. The molecule has 2 rings (SSSR count). The number of nitrogens with two attached hydrogens (primary N) is 1. The van der Waals surface area contributed by atoms with E-state index >= 15 is 0 Å². The van der Waals surface area contributed by atoms with Crippen molar-refractivity contribution in [3.8, 4) is 0 Å². The minimum Gasteiger partial charge on any atom is -0.327 e. The molecule has 1 nitrogen and oxygen atoms in total. The van der Waals surface area contributed by atoms with Gasteiger partial charge in [-0.3, -0.25) is 0 Å². The van der Waals surface area contributed by atoms with Crippen molar-refractivity contribution in [3.63, 3.8) is 0 Å². The van der Waals surface area contributed by atoms with Gasteiger partial charge in [0.1, 0.15) is 0 Å². The molecule has 0 spiro atoms. The van der Waals surface area contributed by atoms with Gasteiger partial charge in [-0.25, -0.2) is 0 Å². The van der Waals surface area contributed by atoms with E-state index in [-0.39, 0.29) is 11.5 Å². The van der Waals surface area contributed by atoms with Crippen LogP contribution < -0.4 is 5.73 Å². The van der Waals surface area contributed by atoms with Gasteiger partial charge in [0, 0.05) is 22.0 Å². The molecule has 0 amide bonds. The SMILES string of the molecule is CC1(C)[C@@H](N)[C@@H]1c1ccc(Cl)cc1Cl. The predicted octanol–water partition coefficient (Wildman–Crippen LogP) is 3.44. The first-order valence-corrected chi connectivity index (χ1v) is 5.40. The zero-order valence-electron chi connectivity index (χ0n) is 8.22. The minimum atomic E-state index is 0.164. The highest BCUT2D eigenvalue weighted by molar-refractivity contribution is 6.35. The first-order valence-electron chi connectivity index (χ1n) is 4.65. The Hall–Kier alpha value is -0.240. The maximum atomic E-state index is 6.12. The Morgan fingerprint density at radius 3 is 2.29 bits per heavy atom. The normalized spacial score (nSPS) is 28.9. The zero-order chi connectivity index (χ0) is 10.5. The van der Waals surface area contributed by atoms with Crippen LogP contribution in [0.1, 0.15) is 25.3 Å². The lowest BCUT2D eigenvalue weighted by Gasteiger charge is -2.05. The number of rotatable bonds is 1. The van der Waals surface area contributed by atoms with Gasteiger partial charge in [-0.05, 0) is 23.1 Å². The van der Waals surface area contributed by atoms with Gasteiger partial charge in [0.25, 0.3) is 0 Å². The van der Waals surface area contributed by atoms with E-state index in [2.05, 4.69) is 13.8 Å². The van der Waals surface area contributed by atoms with E-state index < -0.39 is 0 Å². The first kappa shape index (κ1) is 10.3. The Bertz CT molecular complexity index is 374. The molecule has 2 atom stereocenters. The van der Waals surface area contributed by atoms with E-state index in [0.717, 1.165) is 10.6 Å². The molecular formula is C11H13Cl2N. The second-order valence-electron chi connectivity index (χ2n) is 4.49. The van der Waals surface area contributed by atoms with Crippen molar-refractivity contribution in [2.24, 2.45) is 11.1 Å². The fourth-order valence-corrected chi connectivity index (χ4v) is 2.55. The maximum Gasteiger partial charge on any atom is 0.0456 e. The van der Waals surface area contributed by atoms with Gasteiger partial charge in [0.15, 0.2) is 0 Å². The van der Waals surface area contributed by atoms with Crippen LogP contribution in [0.3, 0.4) is 0 Å². The largest absolute Gasteiger partial charge is 0.327 e. The van der Waals surface area contributed by atoms with Gasteiger partial charge >= 0.3 is 0 Å². The van der Waals surface area contributed by atoms with Crippen molar-refractivity contribution in [1.82, 2.24) is 0 Å². The van der Waals surface area contributed by atoms with Crippen LogP contribution in [0.4, 0.5) is 0 Å². The summed E-state index contributed by atoms with van der Waals surface area (Å²) in [6.07, 6.45) is 0. The topological polar surface area (TPSA) is 26.0 Å². The summed E-state index contributed by atoms with van der Waals surface area (Å²) in [6, 6.07) is 5.83. The molecule has 0 radical (unpaired) electrons. The second kappa shape index (κ2) is 3.13. The molecule has 0 aliphatic heterocycles. The van der Waals surface area contributed by atoms with Crippen LogP contribution in [0.2, 0.25) is 10.0 Å². The van der Waals surface area contributed by atoms with E-state index in [1.165, 1.54) is 0 Å². The van der Waals surface area contributed by atoms with Crippen LogP contribution in [0.15, 0.2) is 18.2 Å². The smallest absolute Gasteiger partial charge is 0.0456 e. The lowest BCUT2D eigenvalue weighted by atomic mass is 10.0. The van der Waals surface area contributed by atoms with Crippen LogP contribution in [-0.2, 0) is 0 Å². The molecule has 14 heavy (non-hydrogen) atoms. The Balaban J connectivity index is 2.36. The summed E-state index contributed by atoms with van der Waals surface area (Å²) >= 11 is 12.0. The summed E-state index contributed by atoms with van der Waals surface area (Å²) in [7, 11) is 0. The molecule has 0 aromatic heterocycles. The van der Waals surface area contributed by atoms with Gasteiger partial charge in [-0.15, -0.1) is 0 Å².